The monoisotopic (exact) mass is 329 g/mol. The SMILES string of the molecule is CN(C)C(CNC(=O)Cc1noc2ccccc12)c1ccsc1. The van der Waals surface area contributed by atoms with Gasteiger partial charge < -0.3 is 14.7 Å². The zero-order valence-corrected chi connectivity index (χ0v) is 14.0. The van der Waals surface area contributed by atoms with Gasteiger partial charge in [0.2, 0.25) is 5.91 Å². The first-order chi connectivity index (χ1) is 11.1. The van der Waals surface area contributed by atoms with Gasteiger partial charge in [0.25, 0.3) is 0 Å². The van der Waals surface area contributed by atoms with E-state index >= 15 is 0 Å². The third-order valence-electron chi connectivity index (χ3n) is 3.82. The van der Waals surface area contributed by atoms with E-state index < -0.39 is 0 Å². The molecule has 3 rings (SSSR count). The molecule has 0 saturated carbocycles. The van der Waals surface area contributed by atoms with Gasteiger partial charge in [0.15, 0.2) is 5.58 Å². The van der Waals surface area contributed by atoms with Crippen LogP contribution in [0.2, 0.25) is 0 Å². The highest BCUT2D eigenvalue weighted by molar-refractivity contribution is 7.07. The Morgan fingerprint density at radius 1 is 1.35 bits per heavy atom. The first kappa shape index (κ1) is 15.7. The fourth-order valence-corrected chi connectivity index (χ4v) is 3.26. The van der Waals surface area contributed by atoms with Crippen LogP contribution in [-0.2, 0) is 11.2 Å². The van der Waals surface area contributed by atoms with Gasteiger partial charge in [-0.2, -0.15) is 11.3 Å². The summed E-state index contributed by atoms with van der Waals surface area (Å²) >= 11 is 1.66. The minimum Gasteiger partial charge on any atom is -0.356 e. The summed E-state index contributed by atoms with van der Waals surface area (Å²) in [6, 6.07) is 9.83. The van der Waals surface area contributed by atoms with E-state index in [0.29, 0.717) is 17.8 Å². The van der Waals surface area contributed by atoms with Crippen LogP contribution in [0.5, 0.6) is 0 Å². The summed E-state index contributed by atoms with van der Waals surface area (Å²) in [5, 5.41) is 12.1. The minimum absolute atomic E-state index is 0.0499. The van der Waals surface area contributed by atoms with Crippen molar-refractivity contribution in [2.24, 2.45) is 0 Å². The maximum Gasteiger partial charge on any atom is 0.226 e. The standard InChI is InChI=1S/C17H19N3O2S/c1-20(2)15(12-7-8-23-11-12)10-18-17(21)9-14-13-5-3-4-6-16(13)22-19-14/h3-8,11,15H,9-10H2,1-2H3,(H,18,21). The highest BCUT2D eigenvalue weighted by Gasteiger charge is 2.17. The van der Waals surface area contributed by atoms with Gasteiger partial charge in [-0.3, -0.25) is 4.79 Å². The number of thiophene rings is 1. The molecule has 0 saturated heterocycles. The van der Waals surface area contributed by atoms with Crippen molar-refractivity contribution >= 4 is 28.2 Å². The fourth-order valence-electron chi connectivity index (χ4n) is 2.55. The van der Waals surface area contributed by atoms with E-state index in [2.05, 4.69) is 32.2 Å². The molecule has 1 aromatic carbocycles. The van der Waals surface area contributed by atoms with Crippen molar-refractivity contribution in [3.05, 3.63) is 52.3 Å². The Kier molecular flexibility index (Phi) is 4.73. The average molecular weight is 329 g/mol. The number of likely N-dealkylation sites (N-methyl/N-ethyl adjacent to an activating group) is 1. The number of carbonyl (C=O) groups is 1. The Bertz CT molecular complexity index is 780. The van der Waals surface area contributed by atoms with Gasteiger partial charge in [0.05, 0.1) is 12.5 Å². The summed E-state index contributed by atoms with van der Waals surface area (Å²) in [6.07, 6.45) is 0.223. The molecular weight excluding hydrogens is 310 g/mol. The van der Waals surface area contributed by atoms with Crippen LogP contribution in [0.15, 0.2) is 45.6 Å². The zero-order valence-electron chi connectivity index (χ0n) is 13.2. The Labute approximate surface area is 138 Å². The highest BCUT2D eigenvalue weighted by Crippen LogP contribution is 2.20. The summed E-state index contributed by atoms with van der Waals surface area (Å²) in [5.74, 6) is -0.0499. The van der Waals surface area contributed by atoms with Crippen LogP contribution < -0.4 is 5.32 Å². The van der Waals surface area contributed by atoms with Crippen LogP contribution >= 0.6 is 11.3 Å². The molecule has 1 N–H and O–H groups in total. The molecule has 0 aliphatic rings. The van der Waals surface area contributed by atoms with Crippen molar-refractivity contribution < 1.29 is 9.32 Å². The van der Waals surface area contributed by atoms with Crippen LogP contribution in [0.4, 0.5) is 0 Å². The lowest BCUT2D eigenvalue weighted by molar-refractivity contribution is -0.120. The molecule has 3 aromatic rings. The molecule has 0 fully saturated rings. The molecule has 23 heavy (non-hydrogen) atoms. The third kappa shape index (κ3) is 3.60. The van der Waals surface area contributed by atoms with Crippen molar-refractivity contribution in [3.8, 4) is 0 Å². The predicted molar refractivity (Wildman–Crippen MR) is 91.5 cm³/mol. The number of hydrogen-bond acceptors (Lipinski definition) is 5. The van der Waals surface area contributed by atoms with Crippen LogP contribution in [-0.4, -0.2) is 36.6 Å². The van der Waals surface area contributed by atoms with E-state index in [1.165, 1.54) is 5.56 Å². The molecule has 0 aliphatic carbocycles. The Morgan fingerprint density at radius 3 is 2.91 bits per heavy atom. The number of carbonyl (C=O) groups excluding carboxylic acids is 1. The lowest BCUT2D eigenvalue weighted by atomic mass is 10.1. The average Bonchev–Trinajstić information content (AvgIpc) is 3.18. The van der Waals surface area contributed by atoms with Crippen LogP contribution in [0, 0.1) is 0 Å². The Balaban J connectivity index is 1.63. The first-order valence-electron chi connectivity index (χ1n) is 7.43. The van der Waals surface area contributed by atoms with Gasteiger partial charge in [-0.1, -0.05) is 17.3 Å². The maximum absolute atomic E-state index is 12.2. The normalized spacial score (nSPS) is 12.7. The van der Waals surface area contributed by atoms with E-state index in [4.69, 9.17) is 4.52 Å². The van der Waals surface area contributed by atoms with Gasteiger partial charge in [0, 0.05) is 11.9 Å². The number of hydrogen-bond donors (Lipinski definition) is 1. The molecule has 5 nitrogen and oxygen atoms in total. The van der Waals surface area contributed by atoms with E-state index in [-0.39, 0.29) is 18.4 Å². The topological polar surface area (TPSA) is 58.4 Å². The van der Waals surface area contributed by atoms with E-state index in [1.54, 1.807) is 11.3 Å². The lowest BCUT2D eigenvalue weighted by Gasteiger charge is -2.23. The van der Waals surface area contributed by atoms with Crippen LogP contribution in [0.25, 0.3) is 11.0 Å². The number of aromatic nitrogens is 1. The predicted octanol–water partition coefficient (Wildman–Crippen LogP) is 2.85. The molecular formula is C17H19N3O2S. The molecule has 6 heteroatoms. The van der Waals surface area contributed by atoms with Gasteiger partial charge in [0.1, 0.15) is 5.69 Å². The van der Waals surface area contributed by atoms with Crippen molar-refractivity contribution in [1.82, 2.24) is 15.4 Å². The first-order valence-corrected chi connectivity index (χ1v) is 8.38. The van der Waals surface area contributed by atoms with Gasteiger partial charge in [-0.25, -0.2) is 0 Å². The van der Waals surface area contributed by atoms with Gasteiger partial charge >= 0.3 is 0 Å². The van der Waals surface area contributed by atoms with Crippen molar-refractivity contribution in [1.29, 1.82) is 0 Å². The number of amides is 1. The molecule has 0 bridgehead atoms. The smallest absolute Gasteiger partial charge is 0.226 e. The van der Waals surface area contributed by atoms with Crippen LogP contribution in [0.3, 0.4) is 0 Å². The van der Waals surface area contributed by atoms with E-state index in [9.17, 15) is 4.79 Å². The second kappa shape index (κ2) is 6.93. The highest BCUT2D eigenvalue weighted by atomic mass is 32.1. The molecule has 120 valence electrons. The fraction of sp³-hybridized carbons (Fsp3) is 0.294. The molecule has 2 aromatic heterocycles. The quantitative estimate of drug-likeness (QED) is 0.755. The largest absolute Gasteiger partial charge is 0.356 e. The second-order valence-electron chi connectivity index (χ2n) is 5.64. The molecule has 2 heterocycles. The van der Waals surface area contributed by atoms with Crippen molar-refractivity contribution in [3.63, 3.8) is 0 Å². The summed E-state index contributed by atoms with van der Waals surface area (Å²) in [5.41, 5.74) is 2.60. The number of fused-ring (bicyclic) bond motifs is 1. The van der Waals surface area contributed by atoms with Crippen molar-refractivity contribution in [2.45, 2.75) is 12.5 Å². The summed E-state index contributed by atoms with van der Waals surface area (Å²) in [7, 11) is 4.03. The molecule has 1 unspecified atom stereocenters. The van der Waals surface area contributed by atoms with Crippen molar-refractivity contribution in [2.75, 3.05) is 20.6 Å². The summed E-state index contributed by atoms with van der Waals surface area (Å²) < 4.78 is 5.24. The lowest BCUT2D eigenvalue weighted by Crippen LogP contribution is -2.35. The number of nitrogens with one attached hydrogen (secondary N) is 1. The third-order valence-corrected chi connectivity index (χ3v) is 4.53. The number of rotatable bonds is 6. The summed E-state index contributed by atoms with van der Waals surface area (Å²) in [4.78, 5) is 14.3. The van der Waals surface area contributed by atoms with Crippen LogP contribution in [0.1, 0.15) is 17.3 Å². The Morgan fingerprint density at radius 2 is 2.17 bits per heavy atom. The molecule has 1 amide bonds. The molecule has 0 aliphatic heterocycles. The molecule has 0 spiro atoms. The zero-order chi connectivity index (χ0) is 16.2. The number of benzene rings is 1. The number of nitrogens with zero attached hydrogens (tertiary/aromatic N) is 2. The molecule has 1 atom stereocenters. The maximum atomic E-state index is 12.2. The number of para-hydroxylation sites is 1. The Hall–Kier alpha value is -2.18. The minimum atomic E-state index is -0.0499. The second-order valence-corrected chi connectivity index (χ2v) is 6.42. The van der Waals surface area contributed by atoms with E-state index in [0.717, 1.165) is 5.39 Å². The van der Waals surface area contributed by atoms with E-state index in [1.807, 2.05) is 38.4 Å². The van der Waals surface area contributed by atoms with Gasteiger partial charge in [-0.05, 0) is 48.6 Å². The van der Waals surface area contributed by atoms with Gasteiger partial charge in [-0.15, -0.1) is 0 Å². The summed E-state index contributed by atoms with van der Waals surface area (Å²) in [6.45, 7) is 0.568. The molecule has 0 radical (unpaired) electrons.